The summed E-state index contributed by atoms with van der Waals surface area (Å²) in [5.41, 5.74) is 0. The van der Waals surface area contributed by atoms with Gasteiger partial charge < -0.3 is 9.64 Å². The molecule has 1 fully saturated rings. The number of methoxy groups -OCH3 is 1. The maximum absolute atomic E-state index is 5.95. The molecule has 1 aromatic heterocycles. The van der Waals surface area contributed by atoms with Crippen LogP contribution in [0.2, 0.25) is 5.15 Å². The fourth-order valence-corrected chi connectivity index (χ4v) is 3.14. The van der Waals surface area contributed by atoms with E-state index < -0.39 is 0 Å². The highest BCUT2D eigenvalue weighted by atomic mass is 35.5. The number of aromatic nitrogens is 1. The smallest absolute Gasteiger partial charge is 0.187 e. The Morgan fingerprint density at radius 1 is 1.67 bits per heavy atom. The van der Waals surface area contributed by atoms with Gasteiger partial charge in [-0.3, -0.25) is 0 Å². The van der Waals surface area contributed by atoms with Crippen molar-refractivity contribution >= 4 is 39.7 Å². The second-order valence-electron chi connectivity index (χ2n) is 3.44. The SMILES string of the molecule is COC1CCN(c2nc(Cl)c(CCl)s2)C1. The van der Waals surface area contributed by atoms with Gasteiger partial charge in [-0.1, -0.05) is 22.9 Å². The van der Waals surface area contributed by atoms with Gasteiger partial charge in [-0.05, 0) is 6.42 Å². The van der Waals surface area contributed by atoms with E-state index in [0.717, 1.165) is 29.5 Å². The van der Waals surface area contributed by atoms with Gasteiger partial charge in [0.05, 0.1) is 16.9 Å². The molecule has 0 saturated carbocycles. The first-order valence-corrected chi connectivity index (χ1v) is 6.46. The first-order valence-electron chi connectivity index (χ1n) is 4.73. The molecule has 2 rings (SSSR count). The summed E-state index contributed by atoms with van der Waals surface area (Å²) < 4.78 is 5.30. The van der Waals surface area contributed by atoms with Crippen molar-refractivity contribution < 1.29 is 4.74 Å². The molecule has 0 bridgehead atoms. The van der Waals surface area contributed by atoms with Crippen LogP contribution in [0.3, 0.4) is 0 Å². The van der Waals surface area contributed by atoms with E-state index in [0.29, 0.717) is 17.1 Å². The van der Waals surface area contributed by atoms with E-state index >= 15 is 0 Å². The van der Waals surface area contributed by atoms with Gasteiger partial charge in [0.1, 0.15) is 5.15 Å². The zero-order chi connectivity index (χ0) is 10.8. The zero-order valence-electron chi connectivity index (χ0n) is 8.37. The van der Waals surface area contributed by atoms with Crippen LogP contribution in [-0.2, 0) is 10.6 Å². The van der Waals surface area contributed by atoms with E-state index in [1.54, 1.807) is 18.4 Å². The Bertz CT molecular complexity index is 345. The minimum atomic E-state index is 0.312. The van der Waals surface area contributed by atoms with Gasteiger partial charge in [-0.15, -0.1) is 11.6 Å². The number of anilines is 1. The molecule has 1 saturated heterocycles. The molecule has 0 amide bonds. The van der Waals surface area contributed by atoms with Gasteiger partial charge in [0.15, 0.2) is 5.13 Å². The quantitative estimate of drug-likeness (QED) is 0.787. The average Bonchev–Trinajstić information content (AvgIpc) is 2.83. The van der Waals surface area contributed by atoms with E-state index in [4.69, 9.17) is 27.9 Å². The fraction of sp³-hybridized carbons (Fsp3) is 0.667. The van der Waals surface area contributed by atoms with Crippen LogP contribution in [0.15, 0.2) is 0 Å². The molecule has 0 aliphatic carbocycles. The molecular formula is C9H12Cl2N2OS. The zero-order valence-corrected chi connectivity index (χ0v) is 10.7. The van der Waals surface area contributed by atoms with Crippen LogP contribution >= 0.6 is 34.5 Å². The molecule has 0 spiro atoms. The number of rotatable bonds is 3. The van der Waals surface area contributed by atoms with Crippen LogP contribution in [0.1, 0.15) is 11.3 Å². The summed E-state index contributed by atoms with van der Waals surface area (Å²) in [6.45, 7) is 1.87. The molecule has 0 N–H and O–H groups in total. The van der Waals surface area contributed by atoms with E-state index in [-0.39, 0.29) is 0 Å². The minimum absolute atomic E-state index is 0.312. The second-order valence-corrected chi connectivity index (χ2v) is 5.12. The minimum Gasteiger partial charge on any atom is -0.380 e. The lowest BCUT2D eigenvalue weighted by molar-refractivity contribution is 0.121. The van der Waals surface area contributed by atoms with Gasteiger partial charge in [-0.2, -0.15) is 0 Å². The maximum Gasteiger partial charge on any atom is 0.187 e. The number of nitrogens with zero attached hydrogens (tertiary/aromatic N) is 2. The largest absolute Gasteiger partial charge is 0.380 e. The monoisotopic (exact) mass is 266 g/mol. The number of halogens is 2. The van der Waals surface area contributed by atoms with Crippen molar-refractivity contribution in [2.24, 2.45) is 0 Å². The van der Waals surface area contributed by atoms with E-state index in [2.05, 4.69) is 9.88 Å². The van der Waals surface area contributed by atoms with Crippen molar-refractivity contribution in [3.63, 3.8) is 0 Å². The normalized spacial score (nSPS) is 21.3. The number of alkyl halides is 1. The molecule has 1 aliphatic rings. The van der Waals surface area contributed by atoms with Crippen molar-refractivity contribution in [3.05, 3.63) is 10.0 Å². The van der Waals surface area contributed by atoms with Crippen molar-refractivity contribution in [2.75, 3.05) is 25.1 Å². The maximum atomic E-state index is 5.95. The highest BCUT2D eigenvalue weighted by Gasteiger charge is 2.25. The molecule has 1 unspecified atom stereocenters. The summed E-state index contributed by atoms with van der Waals surface area (Å²) >= 11 is 13.3. The molecule has 0 aromatic carbocycles. The number of ether oxygens (including phenoxy) is 1. The molecule has 15 heavy (non-hydrogen) atoms. The third-order valence-corrected chi connectivity index (χ3v) is 4.48. The van der Waals surface area contributed by atoms with Crippen LogP contribution < -0.4 is 4.90 Å². The highest BCUT2D eigenvalue weighted by Crippen LogP contribution is 2.32. The van der Waals surface area contributed by atoms with E-state index in [9.17, 15) is 0 Å². The van der Waals surface area contributed by atoms with E-state index in [1.807, 2.05) is 0 Å². The summed E-state index contributed by atoms with van der Waals surface area (Å²) in [6.07, 6.45) is 1.36. The van der Waals surface area contributed by atoms with Crippen LogP contribution in [0, 0.1) is 0 Å². The van der Waals surface area contributed by atoms with Gasteiger partial charge in [0, 0.05) is 20.2 Å². The summed E-state index contributed by atoms with van der Waals surface area (Å²) in [7, 11) is 1.74. The molecular weight excluding hydrogens is 255 g/mol. The van der Waals surface area contributed by atoms with Crippen molar-refractivity contribution in [1.82, 2.24) is 4.98 Å². The third-order valence-electron chi connectivity index (χ3n) is 2.51. The topological polar surface area (TPSA) is 25.4 Å². The molecule has 1 aliphatic heterocycles. The predicted molar refractivity (Wildman–Crippen MR) is 64.3 cm³/mol. The Labute approximate surface area is 103 Å². The Balaban J connectivity index is 2.10. The van der Waals surface area contributed by atoms with E-state index in [1.165, 1.54) is 0 Å². The lowest BCUT2D eigenvalue weighted by atomic mass is 10.3. The molecule has 3 nitrogen and oxygen atoms in total. The Hall–Kier alpha value is -0.0300. The molecule has 0 radical (unpaired) electrons. The molecule has 2 heterocycles. The van der Waals surface area contributed by atoms with Crippen molar-refractivity contribution in [2.45, 2.75) is 18.4 Å². The lowest BCUT2D eigenvalue weighted by Crippen LogP contribution is -2.21. The molecule has 1 atom stereocenters. The van der Waals surface area contributed by atoms with Crippen LogP contribution in [0.5, 0.6) is 0 Å². The van der Waals surface area contributed by atoms with Gasteiger partial charge in [-0.25, -0.2) is 4.98 Å². The number of hydrogen-bond donors (Lipinski definition) is 0. The summed E-state index contributed by atoms with van der Waals surface area (Å²) in [6, 6.07) is 0. The Kier molecular flexibility index (Phi) is 3.72. The standard InChI is InChI=1S/C9H12Cl2N2OS/c1-14-6-2-3-13(5-6)9-12-8(11)7(4-10)15-9/h6H,2-5H2,1H3. The molecule has 6 heteroatoms. The first-order chi connectivity index (χ1) is 7.24. The third kappa shape index (κ3) is 2.38. The highest BCUT2D eigenvalue weighted by molar-refractivity contribution is 7.16. The van der Waals surface area contributed by atoms with Crippen molar-refractivity contribution in [1.29, 1.82) is 0 Å². The second kappa shape index (κ2) is 4.87. The molecule has 1 aromatic rings. The fourth-order valence-electron chi connectivity index (χ4n) is 1.63. The van der Waals surface area contributed by atoms with Crippen LogP contribution in [0.25, 0.3) is 0 Å². The predicted octanol–water partition coefficient (Wildman–Crippen LogP) is 2.76. The van der Waals surface area contributed by atoms with Gasteiger partial charge >= 0.3 is 0 Å². The van der Waals surface area contributed by atoms with Gasteiger partial charge in [0.2, 0.25) is 0 Å². The first kappa shape index (κ1) is 11.5. The summed E-state index contributed by atoms with van der Waals surface area (Å²) in [5.74, 6) is 0.429. The molecule has 84 valence electrons. The lowest BCUT2D eigenvalue weighted by Gasteiger charge is -2.13. The number of thiazole rings is 1. The van der Waals surface area contributed by atoms with Crippen molar-refractivity contribution in [3.8, 4) is 0 Å². The summed E-state index contributed by atoms with van der Waals surface area (Å²) in [4.78, 5) is 7.44. The average molecular weight is 267 g/mol. The Morgan fingerprint density at radius 3 is 3.00 bits per heavy atom. The number of hydrogen-bond acceptors (Lipinski definition) is 4. The summed E-state index contributed by atoms with van der Waals surface area (Å²) in [5, 5.41) is 1.49. The van der Waals surface area contributed by atoms with Crippen LogP contribution in [-0.4, -0.2) is 31.3 Å². The Morgan fingerprint density at radius 2 is 2.47 bits per heavy atom. The van der Waals surface area contributed by atoms with Crippen LogP contribution in [0.4, 0.5) is 5.13 Å². The van der Waals surface area contributed by atoms with Gasteiger partial charge in [0.25, 0.3) is 0 Å².